The number of benzene rings is 2. The van der Waals surface area contributed by atoms with Crippen LogP contribution in [0, 0.1) is 12.3 Å². The number of aliphatic hydroxyl groups is 1. The summed E-state index contributed by atoms with van der Waals surface area (Å²) in [6.07, 6.45) is 5.26. The van der Waals surface area contributed by atoms with Gasteiger partial charge in [-0.25, -0.2) is 0 Å². The third kappa shape index (κ3) is 5.07. The summed E-state index contributed by atoms with van der Waals surface area (Å²) in [7, 11) is 0. The third-order valence-corrected chi connectivity index (χ3v) is 6.26. The van der Waals surface area contributed by atoms with Gasteiger partial charge in [-0.05, 0) is 67.0 Å². The molecule has 3 heteroatoms. The third-order valence-electron chi connectivity index (χ3n) is 6.26. The molecule has 0 aliphatic heterocycles. The monoisotopic (exact) mass is 410 g/mol. The van der Waals surface area contributed by atoms with Crippen molar-refractivity contribution >= 4 is 6.08 Å². The van der Waals surface area contributed by atoms with E-state index < -0.39 is 6.10 Å². The number of hydrogen-bond donors (Lipinski definition) is 2. The molecule has 2 aromatic rings. The van der Waals surface area contributed by atoms with Gasteiger partial charge in [-0.1, -0.05) is 65.0 Å². The van der Waals surface area contributed by atoms with Crippen LogP contribution in [0.4, 0.5) is 0 Å². The second-order valence-corrected chi connectivity index (χ2v) is 9.24. The highest BCUT2D eigenvalue weighted by Crippen LogP contribution is 2.41. The van der Waals surface area contributed by atoms with Gasteiger partial charge in [-0.2, -0.15) is 0 Å². The molecule has 0 radical (unpaired) electrons. The van der Waals surface area contributed by atoms with Gasteiger partial charge in [0, 0.05) is 11.0 Å². The van der Waals surface area contributed by atoms with Crippen LogP contribution in [0.3, 0.4) is 0 Å². The van der Waals surface area contributed by atoms with E-state index in [-0.39, 0.29) is 17.4 Å². The number of ether oxygens (including phenoxy) is 1. The summed E-state index contributed by atoms with van der Waals surface area (Å²) in [5.74, 6) is 1.11. The van der Waals surface area contributed by atoms with Gasteiger partial charge in [0.05, 0.1) is 6.10 Å². The highest BCUT2D eigenvalue weighted by molar-refractivity contribution is 5.59. The fourth-order valence-electron chi connectivity index (χ4n) is 3.93. The molecule has 2 N–H and O–H groups in total. The van der Waals surface area contributed by atoms with Crippen LogP contribution in [0.15, 0.2) is 42.5 Å². The molecule has 30 heavy (non-hydrogen) atoms. The number of phenolic OH excluding ortho intramolecular Hbond substituents is 1. The average molecular weight is 411 g/mol. The van der Waals surface area contributed by atoms with E-state index in [2.05, 4.69) is 39.0 Å². The van der Waals surface area contributed by atoms with Gasteiger partial charge in [0.1, 0.15) is 18.1 Å². The number of phenols is 1. The van der Waals surface area contributed by atoms with Gasteiger partial charge in [-0.15, -0.1) is 0 Å². The molecule has 0 bridgehead atoms. The smallest absolute Gasteiger partial charge is 0.122 e. The standard InChI is InChI=1S/C27H38O3/c1-8-11-20-17-22(12-14-23(20)28)27(9-2,10-3)21-13-15-24(19(4)16-21)30-18-25(29)26(5,6)7/h8,11-17,25,28-29H,9-10,18H2,1-7H3/b11-8+. The summed E-state index contributed by atoms with van der Waals surface area (Å²) in [4.78, 5) is 0. The van der Waals surface area contributed by atoms with Crippen molar-refractivity contribution in [1.29, 1.82) is 0 Å². The number of aliphatic hydroxyl groups excluding tert-OH is 1. The van der Waals surface area contributed by atoms with Crippen molar-refractivity contribution in [2.24, 2.45) is 5.41 Å². The quantitative estimate of drug-likeness (QED) is 0.514. The predicted octanol–water partition coefficient (Wildman–Crippen LogP) is 6.63. The van der Waals surface area contributed by atoms with E-state index in [0.29, 0.717) is 5.75 Å². The van der Waals surface area contributed by atoms with Gasteiger partial charge in [0.2, 0.25) is 0 Å². The van der Waals surface area contributed by atoms with E-state index in [1.54, 1.807) is 6.07 Å². The van der Waals surface area contributed by atoms with E-state index >= 15 is 0 Å². The molecule has 0 heterocycles. The van der Waals surface area contributed by atoms with Crippen LogP contribution >= 0.6 is 0 Å². The number of aromatic hydroxyl groups is 1. The van der Waals surface area contributed by atoms with Crippen molar-refractivity contribution in [2.75, 3.05) is 6.61 Å². The molecule has 0 saturated carbocycles. The number of hydrogen-bond acceptors (Lipinski definition) is 3. The Labute approximate surface area is 182 Å². The van der Waals surface area contributed by atoms with E-state index in [4.69, 9.17) is 4.74 Å². The van der Waals surface area contributed by atoms with Crippen molar-refractivity contribution in [1.82, 2.24) is 0 Å². The molecule has 0 fully saturated rings. The Kier molecular flexibility index (Phi) is 7.76. The lowest BCUT2D eigenvalue weighted by molar-refractivity contribution is 0.0216. The zero-order valence-corrected chi connectivity index (χ0v) is 19.6. The van der Waals surface area contributed by atoms with Crippen molar-refractivity contribution in [3.8, 4) is 11.5 Å². The van der Waals surface area contributed by atoms with Crippen LogP contribution in [0.25, 0.3) is 6.08 Å². The summed E-state index contributed by atoms with van der Waals surface area (Å²) in [6.45, 7) is 14.7. The Morgan fingerprint density at radius 1 is 1.00 bits per heavy atom. The van der Waals surface area contributed by atoms with Crippen LogP contribution in [0.2, 0.25) is 0 Å². The molecule has 1 unspecified atom stereocenters. The Hall–Kier alpha value is -2.26. The van der Waals surface area contributed by atoms with Crippen LogP contribution in [0.5, 0.6) is 11.5 Å². The van der Waals surface area contributed by atoms with Crippen LogP contribution in [-0.2, 0) is 5.41 Å². The van der Waals surface area contributed by atoms with Gasteiger partial charge in [0.15, 0.2) is 0 Å². The fourth-order valence-corrected chi connectivity index (χ4v) is 3.93. The summed E-state index contributed by atoms with van der Waals surface area (Å²) in [6, 6.07) is 12.3. The molecule has 164 valence electrons. The number of rotatable bonds is 8. The molecule has 3 nitrogen and oxygen atoms in total. The normalized spacial score (nSPS) is 13.6. The fraction of sp³-hybridized carbons (Fsp3) is 0.481. The molecule has 0 aliphatic rings. The first kappa shape index (κ1) is 24.0. The Bertz CT molecular complexity index is 870. The van der Waals surface area contributed by atoms with E-state index in [1.807, 2.05) is 52.0 Å². The van der Waals surface area contributed by atoms with Crippen molar-refractivity contribution in [3.63, 3.8) is 0 Å². The SMILES string of the molecule is C/C=C/c1cc(C(CC)(CC)c2ccc(OCC(O)C(C)(C)C)c(C)c2)ccc1O. The van der Waals surface area contributed by atoms with Crippen molar-refractivity contribution < 1.29 is 14.9 Å². The molecule has 1 atom stereocenters. The zero-order valence-electron chi connectivity index (χ0n) is 19.6. The Balaban J connectivity index is 2.41. The molecule has 2 aromatic carbocycles. The Morgan fingerprint density at radius 3 is 2.13 bits per heavy atom. The van der Waals surface area contributed by atoms with Gasteiger partial charge < -0.3 is 14.9 Å². The minimum Gasteiger partial charge on any atom is -0.507 e. The first-order valence-electron chi connectivity index (χ1n) is 11.0. The zero-order chi connectivity index (χ0) is 22.5. The second kappa shape index (κ2) is 9.70. The summed E-state index contributed by atoms with van der Waals surface area (Å²) < 4.78 is 5.94. The van der Waals surface area contributed by atoms with E-state index in [9.17, 15) is 10.2 Å². The maximum atomic E-state index is 10.3. The molecular formula is C27H38O3. The predicted molar refractivity (Wildman–Crippen MR) is 126 cm³/mol. The minimum absolute atomic E-state index is 0.141. The summed E-state index contributed by atoms with van der Waals surface area (Å²) >= 11 is 0. The first-order valence-corrected chi connectivity index (χ1v) is 11.0. The number of aryl methyl sites for hydroxylation is 1. The van der Waals surface area contributed by atoms with Gasteiger partial charge in [-0.3, -0.25) is 0 Å². The molecule has 2 rings (SSSR count). The molecule has 0 aliphatic carbocycles. The van der Waals surface area contributed by atoms with Gasteiger partial charge in [0.25, 0.3) is 0 Å². The highest BCUT2D eigenvalue weighted by Gasteiger charge is 2.31. The van der Waals surface area contributed by atoms with Crippen molar-refractivity contribution in [2.45, 2.75) is 72.8 Å². The Morgan fingerprint density at radius 2 is 1.60 bits per heavy atom. The van der Waals surface area contributed by atoms with E-state index in [0.717, 1.165) is 29.7 Å². The lowest BCUT2D eigenvalue weighted by Gasteiger charge is -2.34. The second-order valence-electron chi connectivity index (χ2n) is 9.24. The first-order chi connectivity index (χ1) is 14.1. The topological polar surface area (TPSA) is 49.7 Å². The number of allylic oxidation sites excluding steroid dienone is 1. The maximum Gasteiger partial charge on any atom is 0.122 e. The van der Waals surface area contributed by atoms with Gasteiger partial charge >= 0.3 is 0 Å². The van der Waals surface area contributed by atoms with Crippen LogP contribution in [-0.4, -0.2) is 22.9 Å². The molecule has 0 aromatic heterocycles. The summed E-state index contributed by atoms with van der Waals surface area (Å²) in [5.41, 5.74) is 4.00. The molecular weight excluding hydrogens is 372 g/mol. The van der Waals surface area contributed by atoms with Crippen LogP contribution < -0.4 is 4.74 Å². The molecule has 0 amide bonds. The largest absolute Gasteiger partial charge is 0.507 e. The lowest BCUT2D eigenvalue weighted by Crippen LogP contribution is -2.32. The average Bonchev–Trinajstić information content (AvgIpc) is 2.70. The highest BCUT2D eigenvalue weighted by atomic mass is 16.5. The van der Waals surface area contributed by atoms with Crippen molar-refractivity contribution in [3.05, 3.63) is 64.7 Å². The summed E-state index contributed by atoms with van der Waals surface area (Å²) in [5, 5.41) is 20.5. The van der Waals surface area contributed by atoms with Crippen LogP contribution in [0.1, 0.15) is 76.6 Å². The molecule has 0 spiro atoms. The lowest BCUT2D eigenvalue weighted by atomic mass is 9.70. The minimum atomic E-state index is -0.524. The molecule has 0 saturated heterocycles. The maximum absolute atomic E-state index is 10.3. The van der Waals surface area contributed by atoms with E-state index in [1.165, 1.54) is 11.1 Å².